The van der Waals surface area contributed by atoms with Crippen LogP contribution in [0.5, 0.6) is 0 Å². The van der Waals surface area contributed by atoms with E-state index in [-0.39, 0.29) is 0 Å². The monoisotopic (exact) mass is 404 g/mol. The average molecular weight is 404 g/mol. The Morgan fingerprint density at radius 2 is 1.32 bits per heavy atom. The summed E-state index contributed by atoms with van der Waals surface area (Å²) < 4.78 is 0. The van der Waals surface area contributed by atoms with E-state index < -0.39 is 79.1 Å². The summed E-state index contributed by atoms with van der Waals surface area (Å²) >= 11 is 0. The molecule has 0 aromatic carbocycles. The maximum atomic E-state index is 12.2. The summed E-state index contributed by atoms with van der Waals surface area (Å²) in [7, 11) is 0. The van der Waals surface area contributed by atoms with Gasteiger partial charge in [0.1, 0.15) is 18.1 Å². The van der Waals surface area contributed by atoms with Crippen LogP contribution in [0.4, 0.5) is 0 Å². The summed E-state index contributed by atoms with van der Waals surface area (Å²) in [6.45, 7) is 2.65. The van der Waals surface area contributed by atoms with Crippen LogP contribution in [0, 0.1) is 0 Å². The third-order valence-corrected chi connectivity index (χ3v) is 3.44. The lowest BCUT2D eigenvalue weighted by Gasteiger charge is -2.22. The minimum Gasteiger partial charge on any atom is -0.481 e. The molecule has 0 saturated heterocycles. The van der Waals surface area contributed by atoms with E-state index in [1.165, 1.54) is 13.8 Å². The van der Waals surface area contributed by atoms with Crippen LogP contribution in [0.1, 0.15) is 33.1 Å². The molecule has 0 aromatic rings. The van der Waals surface area contributed by atoms with Crippen molar-refractivity contribution in [3.8, 4) is 0 Å². The lowest BCUT2D eigenvalue weighted by atomic mass is 10.1. The number of amides is 3. The molecule has 0 bridgehead atoms. The quantitative estimate of drug-likeness (QED) is 0.177. The predicted octanol–water partition coefficient (Wildman–Crippen LogP) is -2.77. The molecule has 13 nitrogen and oxygen atoms in total. The van der Waals surface area contributed by atoms with Gasteiger partial charge in [0.2, 0.25) is 17.7 Å². The molecular weight excluding hydrogens is 380 g/mol. The van der Waals surface area contributed by atoms with E-state index >= 15 is 0 Å². The first-order valence-electron chi connectivity index (χ1n) is 8.18. The van der Waals surface area contributed by atoms with Gasteiger partial charge in [0.15, 0.2) is 0 Å². The fraction of sp³-hybridized carbons (Fsp3) is 0.600. The third kappa shape index (κ3) is 9.47. The number of hydrogen-bond donors (Lipinski definition) is 7. The number of nitrogens with one attached hydrogen (secondary N) is 3. The van der Waals surface area contributed by atoms with E-state index in [4.69, 9.17) is 21.1 Å². The highest BCUT2D eigenvalue weighted by Gasteiger charge is 2.30. The van der Waals surface area contributed by atoms with Gasteiger partial charge < -0.3 is 37.0 Å². The number of rotatable bonds is 12. The minimum absolute atomic E-state index is 0.439. The van der Waals surface area contributed by atoms with Crippen LogP contribution in [-0.2, 0) is 28.8 Å². The van der Waals surface area contributed by atoms with Gasteiger partial charge in [-0.1, -0.05) is 0 Å². The van der Waals surface area contributed by atoms with E-state index in [0.717, 1.165) is 0 Å². The summed E-state index contributed by atoms with van der Waals surface area (Å²) in [4.78, 5) is 68.5. The van der Waals surface area contributed by atoms with E-state index in [2.05, 4.69) is 10.6 Å². The standard InChI is InChI=1S/C15H24N4O9/c1-6(16)12(24)17-7(2)13(25)19-9(5-11(22)23)14(26)18-8(15(27)28)3-4-10(20)21/h6-9H,3-5,16H2,1-2H3,(H,17,24)(H,18,26)(H,19,25)(H,20,21)(H,22,23)(H,27,28). The number of nitrogens with two attached hydrogens (primary N) is 1. The van der Waals surface area contributed by atoms with Gasteiger partial charge in [0.25, 0.3) is 0 Å². The van der Waals surface area contributed by atoms with Gasteiger partial charge in [0.05, 0.1) is 12.5 Å². The Morgan fingerprint density at radius 3 is 1.75 bits per heavy atom. The molecule has 28 heavy (non-hydrogen) atoms. The van der Waals surface area contributed by atoms with Gasteiger partial charge in [-0.05, 0) is 20.3 Å². The summed E-state index contributed by atoms with van der Waals surface area (Å²) in [5.74, 6) is -6.93. The fourth-order valence-electron chi connectivity index (χ4n) is 1.89. The fourth-order valence-corrected chi connectivity index (χ4v) is 1.89. The van der Waals surface area contributed by atoms with Crippen LogP contribution >= 0.6 is 0 Å². The summed E-state index contributed by atoms with van der Waals surface area (Å²) in [6.07, 6.45) is -1.85. The number of carboxylic acids is 3. The maximum Gasteiger partial charge on any atom is 0.326 e. The molecule has 3 amide bonds. The number of carboxylic acid groups (broad SMARTS) is 3. The van der Waals surface area contributed by atoms with Crippen molar-refractivity contribution in [2.45, 2.75) is 57.3 Å². The van der Waals surface area contributed by atoms with Crippen molar-refractivity contribution in [2.24, 2.45) is 5.73 Å². The van der Waals surface area contributed by atoms with Gasteiger partial charge in [-0.15, -0.1) is 0 Å². The van der Waals surface area contributed by atoms with Crippen LogP contribution in [-0.4, -0.2) is 75.1 Å². The van der Waals surface area contributed by atoms with Gasteiger partial charge >= 0.3 is 17.9 Å². The minimum atomic E-state index is -1.65. The van der Waals surface area contributed by atoms with Crippen molar-refractivity contribution in [3.63, 3.8) is 0 Å². The van der Waals surface area contributed by atoms with Crippen molar-refractivity contribution < 1.29 is 44.1 Å². The van der Waals surface area contributed by atoms with Crippen LogP contribution < -0.4 is 21.7 Å². The van der Waals surface area contributed by atoms with Crippen molar-refractivity contribution in [3.05, 3.63) is 0 Å². The first-order valence-corrected chi connectivity index (χ1v) is 8.18. The van der Waals surface area contributed by atoms with Gasteiger partial charge in [-0.2, -0.15) is 0 Å². The van der Waals surface area contributed by atoms with Gasteiger partial charge in [0, 0.05) is 6.42 Å². The molecule has 0 radical (unpaired) electrons. The first kappa shape index (κ1) is 24.8. The smallest absolute Gasteiger partial charge is 0.326 e. The van der Waals surface area contributed by atoms with Crippen LogP contribution in [0.3, 0.4) is 0 Å². The topological polar surface area (TPSA) is 225 Å². The highest BCUT2D eigenvalue weighted by molar-refractivity contribution is 5.95. The van der Waals surface area contributed by atoms with Gasteiger partial charge in [-0.3, -0.25) is 24.0 Å². The zero-order valence-electron chi connectivity index (χ0n) is 15.3. The summed E-state index contributed by atoms with van der Waals surface area (Å²) in [6, 6.07) is -5.29. The molecule has 0 spiro atoms. The Balaban J connectivity index is 5.12. The van der Waals surface area contributed by atoms with Crippen LogP contribution in [0.15, 0.2) is 0 Å². The van der Waals surface area contributed by atoms with Crippen molar-refractivity contribution in [1.29, 1.82) is 0 Å². The Kier molecular flexibility index (Phi) is 10.2. The summed E-state index contributed by atoms with van der Waals surface area (Å²) in [5.41, 5.74) is 5.35. The molecule has 13 heteroatoms. The molecule has 0 aromatic heterocycles. The van der Waals surface area contributed by atoms with E-state index in [9.17, 15) is 28.8 Å². The molecule has 8 N–H and O–H groups in total. The van der Waals surface area contributed by atoms with E-state index in [1.54, 1.807) is 0 Å². The average Bonchev–Trinajstić information content (AvgIpc) is 2.56. The maximum absolute atomic E-state index is 12.2. The largest absolute Gasteiger partial charge is 0.481 e. The van der Waals surface area contributed by atoms with Crippen molar-refractivity contribution >= 4 is 35.6 Å². The highest BCUT2D eigenvalue weighted by atomic mass is 16.4. The molecule has 0 heterocycles. The van der Waals surface area contributed by atoms with E-state index in [1.807, 2.05) is 5.32 Å². The Labute approximate surface area is 159 Å². The number of hydrogen-bond acceptors (Lipinski definition) is 7. The number of carbonyl (C=O) groups is 6. The lowest BCUT2D eigenvalue weighted by Crippen LogP contribution is -2.56. The molecule has 0 aliphatic heterocycles. The summed E-state index contributed by atoms with van der Waals surface area (Å²) in [5, 5.41) is 32.9. The normalized spacial score (nSPS) is 14.7. The zero-order chi connectivity index (χ0) is 22.0. The first-order chi connectivity index (χ1) is 12.8. The molecule has 158 valence electrons. The molecule has 4 unspecified atom stereocenters. The number of carbonyl (C=O) groups excluding carboxylic acids is 3. The molecule has 0 rings (SSSR count). The number of aliphatic carboxylic acids is 3. The van der Waals surface area contributed by atoms with Crippen molar-refractivity contribution in [2.75, 3.05) is 0 Å². The molecule has 4 atom stereocenters. The zero-order valence-corrected chi connectivity index (χ0v) is 15.3. The third-order valence-electron chi connectivity index (χ3n) is 3.44. The second kappa shape index (κ2) is 11.5. The Bertz CT molecular complexity index is 635. The Morgan fingerprint density at radius 1 is 0.786 bits per heavy atom. The molecule has 0 aliphatic carbocycles. The van der Waals surface area contributed by atoms with Crippen molar-refractivity contribution in [1.82, 2.24) is 16.0 Å². The highest BCUT2D eigenvalue weighted by Crippen LogP contribution is 2.02. The van der Waals surface area contributed by atoms with Gasteiger partial charge in [-0.25, -0.2) is 4.79 Å². The molecule has 0 aliphatic rings. The molecule has 0 saturated carbocycles. The SMILES string of the molecule is CC(N)C(=O)NC(C)C(=O)NC(CC(=O)O)C(=O)NC(CCC(=O)O)C(=O)O. The lowest BCUT2D eigenvalue weighted by molar-refractivity contribution is -0.144. The van der Waals surface area contributed by atoms with E-state index in [0.29, 0.717) is 0 Å². The molecular formula is C15H24N4O9. The second-order valence-electron chi connectivity index (χ2n) is 6.01. The predicted molar refractivity (Wildman–Crippen MR) is 91.9 cm³/mol. The molecule has 0 fully saturated rings. The second-order valence-corrected chi connectivity index (χ2v) is 6.01. The Hall–Kier alpha value is -3.22. The van der Waals surface area contributed by atoms with Crippen LogP contribution in [0.25, 0.3) is 0 Å². The van der Waals surface area contributed by atoms with Crippen LogP contribution in [0.2, 0.25) is 0 Å².